The third-order valence-electron chi connectivity index (χ3n) is 3.78. The molecule has 0 unspecified atom stereocenters. The van der Waals surface area contributed by atoms with Crippen molar-refractivity contribution in [3.8, 4) is 0 Å². The minimum atomic E-state index is -0.468. The Morgan fingerprint density at radius 2 is 1.74 bits per heavy atom. The lowest BCUT2D eigenvalue weighted by atomic mass is 10.0. The fourth-order valence-corrected chi connectivity index (χ4v) is 2.65. The van der Waals surface area contributed by atoms with Gasteiger partial charge in [-0.2, -0.15) is 0 Å². The van der Waals surface area contributed by atoms with Crippen molar-refractivity contribution in [1.29, 1.82) is 0 Å². The Kier molecular flexibility index (Phi) is 4.97. The Morgan fingerprint density at radius 1 is 1.17 bits per heavy atom. The lowest BCUT2D eigenvalue weighted by Crippen LogP contribution is -2.46. The van der Waals surface area contributed by atoms with Crippen molar-refractivity contribution in [2.24, 2.45) is 0 Å². The molecule has 2 N–H and O–H groups in total. The van der Waals surface area contributed by atoms with E-state index in [-0.39, 0.29) is 17.7 Å². The Bertz CT molecular complexity index is 633. The maximum absolute atomic E-state index is 11.8. The van der Waals surface area contributed by atoms with E-state index in [9.17, 15) is 14.4 Å². The van der Waals surface area contributed by atoms with Gasteiger partial charge in [0, 0.05) is 24.7 Å². The first kappa shape index (κ1) is 17.3. The van der Waals surface area contributed by atoms with Gasteiger partial charge in [-0.1, -0.05) is 0 Å². The maximum Gasteiger partial charge on any atom is 0.409 e. The normalized spacial score (nSPS) is 16.4. The summed E-state index contributed by atoms with van der Waals surface area (Å²) in [7, 11) is 0. The van der Waals surface area contributed by atoms with Crippen LogP contribution in [-0.2, 0) is 4.74 Å². The molecule has 0 radical (unpaired) electrons. The second-order valence-electron chi connectivity index (χ2n) is 6.89. The summed E-state index contributed by atoms with van der Waals surface area (Å²) in [6, 6.07) is 0.0736. The van der Waals surface area contributed by atoms with Crippen molar-refractivity contribution in [2.45, 2.75) is 52.1 Å². The molecule has 1 aromatic rings. The molecular formula is C16H25N3O4. The topological polar surface area (TPSA) is 87.7 Å². The fraction of sp³-hybridized carbons (Fsp3) is 0.688. The molecule has 23 heavy (non-hydrogen) atoms. The van der Waals surface area contributed by atoms with Gasteiger partial charge in [-0.05, 0) is 40.5 Å². The predicted molar refractivity (Wildman–Crippen MR) is 90.0 cm³/mol. The van der Waals surface area contributed by atoms with Crippen molar-refractivity contribution < 1.29 is 9.53 Å². The summed E-state index contributed by atoms with van der Waals surface area (Å²) in [5, 5.41) is 6.25. The first-order valence-electron chi connectivity index (χ1n) is 8.02. The quantitative estimate of drug-likeness (QED) is 0.817. The zero-order chi connectivity index (χ0) is 17.2. The Hall–Kier alpha value is -2.05. The van der Waals surface area contributed by atoms with Gasteiger partial charge in [0.05, 0.1) is 6.61 Å². The van der Waals surface area contributed by atoms with E-state index in [0.717, 1.165) is 0 Å². The molecule has 1 aromatic carbocycles. The molecule has 1 fully saturated rings. The third-order valence-corrected chi connectivity index (χ3v) is 3.78. The number of likely N-dealkylation sites (tertiary alicyclic amines) is 1. The molecule has 7 heteroatoms. The van der Waals surface area contributed by atoms with Crippen LogP contribution < -0.4 is 21.5 Å². The van der Waals surface area contributed by atoms with Crippen LogP contribution in [0.25, 0.3) is 0 Å². The zero-order valence-corrected chi connectivity index (χ0v) is 14.2. The standard InChI is InChI=1S/C16H25N3O4/c1-5-23-15(22)19-8-6-10(7-9-19)17-11-12(14(21)13(11)20)18-16(2,3)4/h10,17-18H,5-9H2,1-4H3. The summed E-state index contributed by atoms with van der Waals surface area (Å²) in [4.78, 5) is 36.8. The highest BCUT2D eigenvalue weighted by molar-refractivity contribution is 5.75. The lowest BCUT2D eigenvalue weighted by molar-refractivity contribution is 0.0983. The van der Waals surface area contributed by atoms with Crippen LogP contribution >= 0.6 is 0 Å². The summed E-state index contributed by atoms with van der Waals surface area (Å²) >= 11 is 0. The SMILES string of the molecule is CCOC(=O)N1CCC(Nc2c(NC(C)(C)C)c(=O)c2=O)CC1. The second-order valence-corrected chi connectivity index (χ2v) is 6.89. The number of nitrogens with zero attached hydrogens (tertiary/aromatic N) is 1. The molecule has 0 aliphatic carbocycles. The lowest BCUT2D eigenvalue weighted by Gasteiger charge is -2.33. The summed E-state index contributed by atoms with van der Waals surface area (Å²) in [6.45, 7) is 9.11. The number of amides is 1. The van der Waals surface area contributed by atoms with Crippen LogP contribution in [0.2, 0.25) is 0 Å². The first-order valence-corrected chi connectivity index (χ1v) is 8.02. The number of nitrogens with one attached hydrogen (secondary N) is 2. The zero-order valence-electron chi connectivity index (χ0n) is 14.2. The average molecular weight is 323 g/mol. The van der Waals surface area contributed by atoms with E-state index in [1.54, 1.807) is 11.8 Å². The summed E-state index contributed by atoms with van der Waals surface area (Å²) in [6.07, 6.45) is 1.13. The molecule has 0 spiro atoms. The van der Waals surface area contributed by atoms with Gasteiger partial charge in [0.1, 0.15) is 11.4 Å². The van der Waals surface area contributed by atoms with Crippen molar-refractivity contribution in [3.05, 3.63) is 20.4 Å². The van der Waals surface area contributed by atoms with Crippen molar-refractivity contribution >= 4 is 17.5 Å². The molecule has 1 saturated heterocycles. The number of hydrogen-bond donors (Lipinski definition) is 2. The smallest absolute Gasteiger partial charge is 0.409 e. The van der Waals surface area contributed by atoms with Gasteiger partial charge in [-0.15, -0.1) is 0 Å². The molecule has 7 nitrogen and oxygen atoms in total. The molecule has 2 rings (SSSR count). The minimum Gasteiger partial charge on any atom is -0.450 e. The van der Waals surface area contributed by atoms with Gasteiger partial charge in [-0.25, -0.2) is 4.79 Å². The van der Waals surface area contributed by atoms with Gasteiger partial charge in [0.25, 0.3) is 10.9 Å². The number of carbonyl (C=O) groups is 1. The highest BCUT2D eigenvalue weighted by Gasteiger charge is 2.29. The molecule has 0 saturated carbocycles. The van der Waals surface area contributed by atoms with Crippen molar-refractivity contribution in [2.75, 3.05) is 30.3 Å². The second kappa shape index (κ2) is 6.60. The molecule has 1 heterocycles. The van der Waals surface area contributed by atoms with Crippen molar-refractivity contribution in [1.82, 2.24) is 4.90 Å². The van der Waals surface area contributed by atoms with Gasteiger partial charge in [0.2, 0.25) is 0 Å². The van der Waals surface area contributed by atoms with E-state index >= 15 is 0 Å². The van der Waals surface area contributed by atoms with Crippen LogP contribution in [0.15, 0.2) is 9.59 Å². The third kappa shape index (κ3) is 4.03. The van der Waals surface area contributed by atoms with Gasteiger partial charge in [-0.3, -0.25) is 9.59 Å². The molecule has 0 bridgehead atoms. The van der Waals surface area contributed by atoms with Crippen LogP contribution in [0.4, 0.5) is 16.2 Å². The molecule has 0 aromatic heterocycles. The van der Waals surface area contributed by atoms with Crippen LogP contribution in [0, 0.1) is 0 Å². The van der Waals surface area contributed by atoms with Gasteiger partial charge < -0.3 is 20.3 Å². The highest BCUT2D eigenvalue weighted by atomic mass is 16.6. The monoisotopic (exact) mass is 323 g/mol. The van der Waals surface area contributed by atoms with Crippen LogP contribution in [0.5, 0.6) is 0 Å². The fourth-order valence-electron chi connectivity index (χ4n) is 2.65. The van der Waals surface area contributed by atoms with Gasteiger partial charge in [0.15, 0.2) is 0 Å². The number of hydrogen-bond acceptors (Lipinski definition) is 6. The summed E-state index contributed by atoms with van der Waals surface area (Å²) in [5.41, 5.74) is -0.475. The Balaban J connectivity index is 1.95. The summed E-state index contributed by atoms with van der Waals surface area (Å²) < 4.78 is 4.98. The van der Waals surface area contributed by atoms with E-state index in [4.69, 9.17) is 4.74 Å². The Morgan fingerprint density at radius 3 is 2.26 bits per heavy atom. The number of carbonyl (C=O) groups excluding carboxylic acids is 1. The van der Waals surface area contributed by atoms with Crippen LogP contribution in [-0.4, -0.2) is 42.3 Å². The molecule has 1 amide bonds. The maximum atomic E-state index is 11.8. The van der Waals surface area contributed by atoms with Gasteiger partial charge >= 0.3 is 6.09 Å². The summed E-state index contributed by atoms with van der Waals surface area (Å²) in [5.74, 6) is 0. The van der Waals surface area contributed by atoms with E-state index in [0.29, 0.717) is 43.9 Å². The largest absolute Gasteiger partial charge is 0.450 e. The highest BCUT2D eigenvalue weighted by Crippen LogP contribution is 2.23. The van der Waals surface area contributed by atoms with Crippen LogP contribution in [0.3, 0.4) is 0 Å². The van der Waals surface area contributed by atoms with E-state index in [1.807, 2.05) is 20.8 Å². The molecule has 1 aliphatic rings. The molecular weight excluding hydrogens is 298 g/mol. The van der Waals surface area contributed by atoms with E-state index < -0.39 is 10.9 Å². The molecule has 1 aliphatic heterocycles. The predicted octanol–water partition coefficient (Wildman–Crippen LogP) is 1.53. The van der Waals surface area contributed by atoms with Crippen molar-refractivity contribution in [3.63, 3.8) is 0 Å². The average Bonchev–Trinajstić information content (AvgIpc) is 2.50. The minimum absolute atomic E-state index is 0.0736. The molecule has 128 valence electrons. The Labute approximate surface area is 135 Å². The first-order chi connectivity index (χ1) is 10.7. The number of rotatable bonds is 4. The number of piperidine rings is 1. The van der Waals surface area contributed by atoms with E-state index in [2.05, 4.69) is 10.6 Å². The number of ether oxygens (including phenoxy) is 1. The molecule has 0 atom stereocenters. The number of anilines is 2. The van der Waals surface area contributed by atoms with E-state index in [1.165, 1.54) is 0 Å². The van der Waals surface area contributed by atoms with Crippen LogP contribution in [0.1, 0.15) is 40.5 Å².